The highest BCUT2D eigenvalue weighted by Gasteiger charge is 2.41. The van der Waals surface area contributed by atoms with Crippen LogP contribution in [0.15, 0.2) is 30.3 Å². The van der Waals surface area contributed by atoms with Crippen LogP contribution in [-0.2, 0) is 16.0 Å². The molecule has 3 N–H and O–H groups in total. The second-order valence-electron chi connectivity index (χ2n) is 5.64. The van der Waals surface area contributed by atoms with Crippen molar-refractivity contribution in [1.29, 1.82) is 0 Å². The van der Waals surface area contributed by atoms with Crippen molar-refractivity contribution in [3.05, 3.63) is 35.9 Å². The normalized spacial score (nSPS) is 14.0. The first kappa shape index (κ1) is 16.4. The number of hydrogen-bond donors (Lipinski definition) is 2. The highest BCUT2D eigenvalue weighted by atomic mass is 16.4. The number of Topliss-reactive ketones (excluding diaryl/α,β-unsaturated/α-hetero) is 1. The molecule has 1 aromatic carbocycles. The van der Waals surface area contributed by atoms with Crippen LogP contribution < -0.4 is 5.73 Å². The lowest BCUT2D eigenvalue weighted by Crippen LogP contribution is -2.55. The molecule has 1 aromatic rings. The smallest absolute Gasteiger partial charge is 0.331 e. The number of nitrogens with two attached hydrogens (primary N) is 1. The molecule has 0 radical (unpaired) electrons. The lowest BCUT2D eigenvalue weighted by Gasteiger charge is -2.25. The average molecular weight is 277 g/mol. The van der Waals surface area contributed by atoms with Gasteiger partial charge < -0.3 is 10.8 Å². The predicted octanol–water partition coefficient (Wildman–Crippen LogP) is 2.41. The van der Waals surface area contributed by atoms with E-state index in [1.165, 1.54) is 0 Å². The number of ketones is 1. The van der Waals surface area contributed by atoms with Crippen molar-refractivity contribution in [2.75, 3.05) is 0 Å². The first-order valence-corrected chi connectivity index (χ1v) is 6.95. The van der Waals surface area contributed by atoms with Crippen LogP contribution in [0.3, 0.4) is 0 Å². The van der Waals surface area contributed by atoms with E-state index in [4.69, 9.17) is 5.73 Å². The second-order valence-corrected chi connectivity index (χ2v) is 5.64. The molecule has 1 atom stereocenters. The molecule has 0 aromatic heterocycles. The zero-order chi connectivity index (χ0) is 15.2. The van der Waals surface area contributed by atoms with Crippen LogP contribution >= 0.6 is 0 Å². The van der Waals surface area contributed by atoms with E-state index < -0.39 is 11.5 Å². The summed E-state index contributed by atoms with van der Waals surface area (Å²) >= 11 is 0. The first-order chi connectivity index (χ1) is 9.36. The van der Waals surface area contributed by atoms with Crippen LogP contribution in [0.25, 0.3) is 0 Å². The van der Waals surface area contributed by atoms with Crippen LogP contribution in [0, 0.1) is 5.92 Å². The van der Waals surface area contributed by atoms with Gasteiger partial charge in [-0.1, -0.05) is 44.2 Å². The van der Waals surface area contributed by atoms with Crippen molar-refractivity contribution in [3.8, 4) is 0 Å². The van der Waals surface area contributed by atoms with Crippen molar-refractivity contribution in [1.82, 2.24) is 0 Å². The Hall–Kier alpha value is -1.68. The molecule has 4 heteroatoms. The summed E-state index contributed by atoms with van der Waals surface area (Å²) in [6.45, 7) is 3.73. The van der Waals surface area contributed by atoms with Gasteiger partial charge in [0, 0.05) is 6.42 Å². The molecule has 0 amide bonds. The van der Waals surface area contributed by atoms with Gasteiger partial charge in [0.15, 0.2) is 11.3 Å². The van der Waals surface area contributed by atoms with E-state index >= 15 is 0 Å². The molecule has 0 saturated carbocycles. The summed E-state index contributed by atoms with van der Waals surface area (Å²) in [6, 6.07) is 9.81. The van der Waals surface area contributed by atoms with E-state index in [1.807, 2.05) is 44.2 Å². The summed E-state index contributed by atoms with van der Waals surface area (Å²) in [5.41, 5.74) is 5.21. The zero-order valence-electron chi connectivity index (χ0n) is 12.1. The molecule has 110 valence electrons. The lowest BCUT2D eigenvalue weighted by molar-refractivity contribution is -0.149. The second kappa shape index (κ2) is 7.20. The topological polar surface area (TPSA) is 80.4 Å². The van der Waals surface area contributed by atoms with Crippen LogP contribution in [-0.4, -0.2) is 22.4 Å². The van der Waals surface area contributed by atoms with Gasteiger partial charge in [-0.15, -0.1) is 0 Å². The SMILES string of the molecule is CC(C)CC(N)(C(=O)O)C(=O)CCCc1ccccc1. The maximum atomic E-state index is 12.1. The number of carbonyl (C=O) groups is 2. The molecule has 0 bridgehead atoms. The number of carboxylic acid groups (broad SMARTS) is 1. The van der Waals surface area contributed by atoms with Crippen LogP contribution in [0.2, 0.25) is 0 Å². The number of aryl methyl sites for hydroxylation is 1. The van der Waals surface area contributed by atoms with Crippen molar-refractivity contribution < 1.29 is 14.7 Å². The van der Waals surface area contributed by atoms with Crippen molar-refractivity contribution in [3.63, 3.8) is 0 Å². The molecule has 4 nitrogen and oxygen atoms in total. The van der Waals surface area contributed by atoms with E-state index in [9.17, 15) is 14.7 Å². The number of benzene rings is 1. The summed E-state index contributed by atoms with van der Waals surface area (Å²) in [6.07, 6.45) is 1.74. The van der Waals surface area contributed by atoms with Crippen molar-refractivity contribution >= 4 is 11.8 Å². The summed E-state index contributed by atoms with van der Waals surface area (Å²) in [5.74, 6) is -1.54. The molecule has 0 heterocycles. The molecule has 0 spiro atoms. The molecule has 0 aliphatic rings. The summed E-state index contributed by atoms with van der Waals surface area (Å²) in [7, 11) is 0. The zero-order valence-corrected chi connectivity index (χ0v) is 12.1. The fourth-order valence-corrected chi connectivity index (χ4v) is 2.29. The molecular weight excluding hydrogens is 254 g/mol. The van der Waals surface area contributed by atoms with Gasteiger partial charge in [-0.3, -0.25) is 4.79 Å². The Bertz CT molecular complexity index is 456. The lowest BCUT2D eigenvalue weighted by atomic mass is 9.84. The maximum Gasteiger partial charge on any atom is 0.331 e. The molecule has 1 rings (SSSR count). The standard InChI is InChI=1S/C16H23NO3/c1-12(2)11-16(17,15(19)20)14(18)10-6-9-13-7-4-3-5-8-13/h3-5,7-8,12H,6,9-11,17H2,1-2H3,(H,19,20). The Morgan fingerprint density at radius 3 is 2.35 bits per heavy atom. The van der Waals surface area contributed by atoms with Gasteiger partial charge in [0.05, 0.1) is 0 Å². The van der Waals surface area contributed by atoms with E-state index in [0.717, 1.165) is 12.0 Å². The van der Waals surface area contributed by atoms with Gasteiger partial charge in [0.2, 0.25) is 0 Å². The minimum Gasteiger partial charge on any atom is -0.480 e. The fraction of sp³-hybridized carbons (Fsp3) is 0.500. The van der Waals surface area contributed by atoms with Crippen LogP contribution in [0.5, 0.6) is 0 Å². The van der Waals surface area contributed by atoms with E-state index in [0.29, 0.717) is 6.42 Å². The molecule has 0 aliphatic heterocycles. The highest BCUT2D eigenvalue weighted by molar-refractivity contribution is 6.07. The first-order valence-electron chi connectivity index (χ1n) is 6.95. The van der Waals surface area contributed by atoms with Crippen LogP contribution in [0.4, 0.5) is 0 Å². The Morgan fingerprint density at radius 2 is 1.85 bits per heavy atom. The van der Waals surface area contributed by atoms with E-state index in [-0.39, 0.29) is 24.5 Å². The third-order valence-corrected chi connectivity index (χ3v) is 3.32. The number of carboxylic acids is 1. The highest BCUT2D eigenvalue weighted by Crippen LogP contribution is 2.19. The number of hydrogen-bond acceptors (Lipinski definition) is 3. The fourth-order valence-electron chi connectivity index (χ4n) is 2.29. The van der Waals surface area contributed by atoms with E-state index in [2.05, 4.69) is 0 Å². The molecule has 0 fully saturated rings. The largest absolute Gasteiger partial charge is 0.480 e. The molecular formula is C16H23NO3. The Labute approximate surface area is 120 Å². The Morgan fingerprint density at radius 1 is 1.25 bits per heavy atom. The number of rotatable bonds is 8. The van der Waals surface area contributed by atoms with Gasteiger partial charge in [-0.05, 0) is 30.7 Å². The van der Waals surface area contributed by atoms with Gasteiger partial charge in [-0.2, -0.15) is 0 Å². The average Bonchev–Trinajstić information content (AvgIpc) is 2.38. The Balaban J connectivity index is 2.57. The van der Waals surface area contributed by atoms with Gasteiger partial charge >= 0.3 is 5.97 Å². The quantitative estimate of drug-likeness (QED) is 0.715. The number of aliphatic carboxylic acids is 1. The minimum absolute atomic E-state index is 0.0640. The molecule has 20 heavy (non-hydrogen) atoms. The third-order valence-electron chi connectivity index (χ3n) is 3.32. The van der Waals surface area contributed by atoms with Crippen LogP contribution in [0.1, 0.15) is 38.7 Å². The number of carbonyl (C=O) groups excluding carboxylic acids is 1. The van der Waals surface area contributed by atoms with Crippen molar-refractivity contribution in [2.24, 2.45) is 11.7 Å². The van der Waals surface area contributed by atoms with Gasteiger partial charge in [-0.25, -0.2) is 4.79 Å². The summed E-state index contributed by atoms with van der Waals surface area (Å²) in [4.78, 5) is 23.4. The molecule has 1 unspecified atom stereocenters. The predicted molar refractivity (Wildman–Crippen MR) is 78.4 cm³/mol. The van der Waals surface area contributed by atoms with E-state index in [1.54, 1.807) is 0 Å². The molecule has 0 aliphatic carbocycles. The summed E-state index contributed by atoms with van der Waals surface area (Å²) < 4.78 is 0. The van der Waals surface area contributed by atoms with Crippen molar-refractivity contribution in [2.45, 2.75) is 45.1 Å². The monoisotopic (exact) mass is 277 g/mol. The third kappa shape index (κ3) is 4.46. The maximum absolute atomic E-state index is 12.1. The minimum atomic E-state index is -1.75. The van der Waals surface area contributed by atoms with Gasteiger partial charge in [0.1, 0.15) is 0 Å². The Kier molecular flexibility index (Phi) is 5.89. The van der Waals surface area contributed by atoms with Gasteiger partial charge in [0.25, 0.3) is 0 Å². The molecule has 0 saturated heterocycles. The summed E-state index contributed by atoms with van der Waals surface area (Å²) in [5, 5.41) is 9.22.